The molecule has 162 valence electrons. The molecule has 0 saturated heterocycles. The fourth-order valence-corrected chi connectivity index (χ4v) is 4.01. The van der Waals surface area contributed by atoms with Gasteiger partial charge in [-0.25, -0.2) is 4.39 Å². The summed E-state index contributed by atoms with van der Waals surface area (Å²) in [6.45, 7) is -0.0729. The number of anilines is 1. The van der Waals surface area contributed by atoms with Gasteiger partial charge in [0.15, 0.2) is 0 Å². The number of aromatic nitrogens is 2. The molecule has 0 saturated carbocycles. The highest BCUT2D eigenvalue weighted by Crippen LogP contribution is 2.33. The summed E-state index contributed by atoms with van der Waals surface area (Å²) < 4.78 is 15.8. The van der Waals surface area contributed by atoms with Gasteiger partial charge >= 0.3 is 0 Å². The molecular formula is C22H13Cl3FN3O3. The summed E-state index contributed by atoms with van der Waals surface area (Å²) in [5.74, 6) is -2.58. The first kappa shape index (κ1) is 22.1. The van der Waals surface area contributed by atoms with Gasteiger partial charge in [-0.3, -0.25) is 14.6 Å². The lowest BCUT2D eigenvalue weighted by atomic mass is 10.1. The quantitative estimate of drug-likeness (QED) is 0.276. The van der Waals surface area contributed by atoms with Crippen LogP contribution in [0.4, 0.5) is 10.1 Å². The van der Waals surface area contributed by atoms with Crippen LogP contribution in [0, 0.1) is 5.82 Å². The molecule has 6 nitrogen and oxygen atoms in total. The molecule has 2 heterocycles. The molecule has 0 unspecified atom stereocenters. The second kappa shape index (κ2) is 8.78. The van der Waals surface area contributed by atoms with E-state index in [2.05, 4.69) is 10.3 Å². The van der Waals surface area contributed by atoms with Crippen LogP contribution < -0.4 is 5.32 Å². The highest BCUT2D eigenvalue weighted by molar-refractivity contribution is 6.50. The zero-order valence-electron chi connectivity index (χ0n) is 16.1. The van der Waals surface area contributed by atoms with Gasteiger partial charge in [0.25, 0.3) is 11.7 Å². The van der Waals surface area contributed by atoms with Crippen molar-refractivity contribution in [1.29, 1.82) is 0 Å². The second-order valence-corrected chi connectivity index (χ2v) is 8.03. The molecule has 10 heteroatoms. The second-order valence-electron chi connectivity index (χ2n) is 6.81. The molecule has 0 aliphatic rings. The van der Waals surface area contributed by atoms with E-state index in [-0.39, 0.29) is 49.7 Å². The van der Waals surface area contributed by atoms with Crippen LogP contribution in [0.15, 0.2) is 55.0 Å². The lowest BCUT2D eigenvalue weighted by molar-refractivity contribution is -0.112. The minimum Gasteiger partial charge on any atom is -0.506 e. The molecule has 2 aromatic heterocycles. The number of benzene rings is 2. The van der Waals surface area contributed by atoms with Crippen molar-refractivity contribution in [3.63, 3.8) is 0 Å². The Morgan fingerprint density at radius 2 is 1.72 bits per heavy atom. The number of carbonyl (C=O) groups excluding carboxylic acids is 2. The van der Waals surface area contributed by atoms with Crippen LogP contribution in [0.3, 0.4) is 0 Å². The smallest absolute Gasteiger partial charge is 0.296 e. The number of Topliss-reactive ketones (excluding diaryl/α,β-unsaturated/α-hetero) is 1. The molecule has 0 fully saturated rings. The van der Waals surface area contributed by atoms with E-state index < -0.39 is 17.5 Å². The predicted octanol–water partition coefficient (Wildman–Crippen LogP) is 5.71. The van der Waals surface area contributed by atoms with Crippen molar-refractivity contribution in [1.82, 2.24) is 9.55 Å². The number of hydrogen-bond donors (Lipinski definition) is 2. The van der Waals surface area contributed by atoms with E-state index in [1.807, 2.05) is 0 Å². The minimum absolute atomic E-state index is 0.00200. The van der Waals surface area contributed by atoms with Crippen LogP contribution in [0.1, 0.15) is 15.9 Å². The Morgan fingerprint density at radius 1 is 1.03 bits per heavy atom. The Morgan fingerprint density at radius 3 is 2.41 bits per heavy atom. The molecule has 4 rings (SSSR count). The molecule has 0 spiro atoms. The highest BCUT2D eigenvalue weighted by Gasteiger charge is 2.25. The number of pyridine rings is 1. The SMILES string of the molecule is O=C(Nc1c(Cl)cncc1Cl)C(=O)c1cn(Cc2c(F)cccc2Cl)c2c(O)cccc12. The monoisotopic (exact) mass is 491 g/mol. The average Bonchev–Trinajstić information content (AvgIpc) is 3.12. The van der Waals surface area contributed by atoms with Crippen LogP contribution >= 0.6 is 34.8 Å². The standard InChI is InChI=1S/C22H13Cl3FN3O3/c23-14-4-2-5-17(26)13(14)10-29-9-12(11-3-1-6-18(30)20(11)29)21(31)22(32)28-19-15(24)7-27-8-16(19)25/h1-9,30H,10H2,(H,27,28,32). The van der Waals surface area contributed by atoms with Crippen molar-refractivity contribution in [2.24, 2.45) is 0 Å². The molecule has 32 heavy (non-hydrogen) atoms. The van der Waals surface area contributed by atoms with Crippen molar-refractivity contribution in [3.8, 4) is 5.75 Å². The van der Waals surface area contributed by atoms with Crippen LogP contribution in [-0.2, 0) is 11.3 Å². The number of phenols is 1. The lowest BCUT2D eigenvalue weighted by Gasteiger charge is -2.09. The minimum atomic E-state index is -0.994. The zero-order valence-corrected chi connectivity index (χ0v) is 18.3. The van der Waals surface area contributed by atoms with E-state index >= 15 is 0 Å². The van der Waals surface area contributed by atoms with Gasteiger partial charge in [0.05, 0.1) is 33.4 Å². The molecule has 0 bridgehead atoms. The first-order valence-electron chi connectivity index (χ1n) is 9.16. The molecule has 4 aromatic rings. The largest absolute Gasteiger partial charge is 0.506 e. The van der Waals surface area contributed by atoms with Gasteiger partial charge in [-0.15, -0.1) is 0 Å². The number of carbonyl (C=O) groups is 2. The molecule has 0 aliphatic heterocycles. The molecule has 1 amide bonds. The van der Waals surface area contributed by atoms with Crippen molar-refractivity contribution in [2.75, 3.05) is 5.32 Å². The fourth-order valence-electron chi connectivity index (χ4n) is 3.32. The molecule has 0 aliphatic carbocycles. The Labute approximate surface area is 196 Å². The van der Waals surface area contributed by atoms with Gasteiger partial charge in [0.2, 0.25) is 0 Å². The summed E-state index contributed by atoms with van der Waals surface area (Å²) in [4.78, 5) is 29.4. The van der Waals surface area contributed by atoms with Crippen LogP contribution in [0.25, 0.3) is 10.9 Å². The van der Waals surface area contributed by atoms with E-state index in [0.717, 1.165) is 0 Å². The van der Waals surface area contributed by atoms with E-state index in [0.29, 0.717) is 5.39 Å². The number of ketones is 1. The number of rotatable bonds is 5. The first-order valence-corrected chi connectivity index (χ1v) is 10.3. The molecule has 2 N–H and O–H groups in total. The van der Waals surface area contributed by atoms with Gasteiger partial charge < -0.3 is 15.0 Å². The van der Waals surface area contributed by atoms with Crippen molar-refractivity contribution < 1.29 is 19.1 Å². The number of para-hydroxylation sites is 1. The third-order valence-electron chi connectivity index (χ3n) is 4.81. The average molecular weight is 493 g/mol. The Balaban J connectivity index is 1.76. The lowest BCUT2D eigenvalue weighted by Crippen LogP contribution is -2.23. The van der Waals surface area contributed by atoms with Crippen molar-refractivity contribution in [3.05, 3.63) is 87.0 Å². The number of halogens is 4. The van der Waals surface area contributed by atoms with E-state index in [1.165, 1.54) is 53.5 Å². The van der Waals surface area contributed by atoms with Gasteiger partial charge in [-0.2, -0.15) is 0 Å². The van der Waals surface area contributed by atoms with Gasteiger partial charge in [-0.1, -0.05) is 53.0 Å². The normalized spacial score (nSPS) is 11.0. The molecular weight excluding hydrogens is 480 g/mol. The Hall–Kier alpha value is -3.13. The summed E-state index contributed by atoms with van der Waals surface area (Å²) in [5, 5.41) is 13.4. The Kier molecular flexibility index (Phi) is 6.06. The third-order valence-corrected chi connectivity index (χ3v) is 5.74. The van der Waals surface area contributed by atoms with Gasteiger partial charge in [-0.05, 0) is 18.2 Å². The first-order chi connectivity index (χ1) is 15.3. The maximum absolute atomic E-state index is 14.3. The van der Waals surface area contributed by atoms with E-state index in [9.17, 15) is 19.1 Å². The molecule has 2 aromatic carbocycles. The van der Waals surface area contributed by atoms with Gasteiger partial charge in [0.1, 0.15) is 11.6 Å². The topological polar surface area (TPSA) is 84.2 Å². The van der Waals surface area contributed by atoms with Crippen molar-refractivity contribution >= 4 is 63.1 Å². The highest BCUT2D eigenvalue weighted by atomic mass is 35.5. The zero-order chi connectivity index (χ0) is 23.0. The number of aromatic hydroxyl groups is 1. The maximum atomic E-state index is 14.3. The fraction of sp³-hybridized carbons (Fsp3) is 0.0455. The number of fused-ring (bicyclic) bond motifs is 1. The number of phenolic OH excluding ortho intramolecular Hbond substituents is 1. The number of nitrogens with one attached hydrogen (secondary N) is 1. The number of amides is 1. The third kappa shape index (κ3) is 4.02. The summed E-state index contributed by atoms with van der Waals surface area (Å²) in [5.41, 5.74) is 0.477. The molecule has 0 radical (unpaired) electrons. The Bertz CT molecular complexity index is 1350. The van der Waals surface area contributed by atoms with Crippen molar-refractivity contribution in [2.45, 2.75) is 6.54 Å². The summed E-state index contributed by atoms with van der Waals surface area (Å²) in [6, 6.07) is 8.79. The van der Waals surface area contributed by atoms with E-state index in [4.69, 9.17) is 34.8 Å². The summed E-state index contributed by atoms with van der Waals surface area (Å²) >= 11 is 18.1. The van der Waals surface area contributed by atoms with Crippen LogP contribution in [0.2, 0.25) is 15.1 Å². The van der Waals surface area contributed by atoms with Crippen LogP contribution in [-0.4, -0.2) is 26.3 Å². The maximum Gasteiger partial charge on any atom is 0.296 e. The molecule has 0 atom stereocenters. The van der Waals surface area contributed by atoms with E-state index in [1.54, 1.807) is 6.07 Å². The van der Waals surface area contributed by atoms with Gasteiger partial charge in [0, 0.05) is 34.6 Å². The number of hydrogen-bond acceptors (Lipinski definition) is 4. The predicted molar refractivity (Wildman–Crippen MR) is 121 cm³/mol. The number of nitrogens with zero attached hydrogens (tertiary/aromatic N) is 2. The summed E-state index contributed by atoms with van der Waals surface area (Å²) in [7, 11) is 0. The van der Waals surface area contributed by atoms with Crippen LogP contribution in [0.5, 0.6) is 5.75 Å². The summed E-state index contributed by atoms with van der Waals surface area (Å²) in [6.07, 6.45) is 3.91.